The maximum atomic E-state index is 3.65. The van der Waals surface area contributed by atoms with Crippen molar-refractivity contribution in [3.8, 4) is 0 Å². The van der Waals surface area contributed by atoms with Gasteiger partial charge in [-0.1, -0.05) is 19.8 Å². The molecule has 0 spiro atoms. The molecule has 0 amide bonds. The molecule has 18 heavy (non-hydrogen) atoms. The van der Waals surface area contributed by atoms with Gasteiger partial charge in [0, 0.05) is 17.6 Å². The maximum absolute atomic E-state index is 3.65. The summed E-state index contributed by atoms with van der Waals surface area (Å²) in [5.41, 5.74) is 0.235. The first kappa shape index (κ1) is 16.0. The van der Waals surface area contributed by atoms with Crippen LogP contribution in [0.3, 0.4) is 0 Å². The van der Waals surface area contributed by atoms with E-state index in [1.807, 2.05) is 0 Å². The van der Waals surface area contributed by atoms with Crippen LogP contribution < -0.4 is 5.32 Å². The third-order valence-corrected chi connectivity index (χ3v) is 4.41. The lowest BCUT2D eigenvalue weighted by molar-refractivity contribution is 0.115. The van der Waals surface area contributed by atoms with Crippen molar-refractivity contribution in [3.05, 3.63) is 0 Å². The second kappa shape index (κ2) is 6.91. The summed E-state index contributed by atoms with van der Waals surface area (Å²) in [4.78, 5) is 2.74. The minimum absolute atomic E-state index is 0.235. The summed E-state index contributed by atoms with van der Waals surface area (Å²) in [6.07, 6.45) is 5.60. The Labute approximate surface area is 115 Å². The van der Waals surface area contributed by atoms with E-state index in [1.165, 1.54) is 32.2 Å². The van der Waals surface area contributed by atoms with Crippen LogP contribution in [0.2, 0.25) is 0 Å². The summed E-state index contributed by atoms with van der Waals surface area (Å²) >= 11 is 0. The van der Waals surface area contributed by atoms with Gasteiger partial charge in [0.1, 0.15) is 0 Å². The van der Waals surface area contributed by atoms with Crippen LogP contribution in [0.4, 0.5) is 0 Å². The predicted molar refractivity (Wildman–Crippen MR) is 81.0 cm³/mol. The van der Waals surface area contributed by atoms with Crippen molar-refractivity contribution in [1.29, 1.82) is 0 Å². The SMILES string of the molecule is CC(CNC(C)(C)C)C(C)N1CCCCCC1C. The van der Waals surface area contributed by atoms with Gasteiger partial charge in [-0.15, -0.1) is 0 Å². The summed E-state index contributed by atoms with van der Waals surface area (Å²) in [6.45, 7) is 16.4. The average molecular weight is 254 g/mol. The van der Waals surface area contributed by atoms with E-state index in [0.717, 1.165) is 12.6 Å². The predicted octanol–water partition coefficient (Wildman–Crippen LogP) is 3.66. The van der Waals surface area contributed by atoms with Crippen molar-refractivity contribution < 1.29 is 0 Å². The molecule has 1 saturated heterocycles. The second-order valence-corrected chi connectivity index (χ2v) is 7.28. The van der Waals surface area contributed by atoms with Gasteiger partial charge in [0.05, 0.1) is 0 Å². The lowest BCUT2D eigenvalue weighted by Crippen LogP contribution is -2.48. The number of likely N-dealkylation sites (tertiary alicyclic amines) is 1. The topological polar surface area (TPSA) is 15.3 Å². The number of hydrogen-bond acceptors (Lipinski definition) is 2. The Morgan fingerprint density at radius 1 is 1.17 bits per heavy atom. The van der Waals surface area contributed by atoms with E-state index in [9.17, 15) is 0 Å². The van der Waals surface area contributed by atoms with E-state index in [-0.39, 0.29) is 5.54 Å². The van der Waals surface area contributed by atoms with Gasteiger partial charge in [-0.05, 0) is 66.5 Å². The van der Waals surface area contributed by atoms with Crippen LogP contribution in [0, 0.1) is 5.92 Å². The summed E-state index contributed by atoms with van der Waals surface area (Å²) in [6, 6.07) is 1.45. The Morgan fingerprint density at radius 2 is 1.83 bits per heavy atom. The second-order valence-electron chi connectivity index (χ2n) is 7.28. The van der Waals surface area contributed by atoms with Gasteiger partial charge in [0.2, 0.25) is 0 Å². The van der Waals surface area contributed by atoms with Crippen LogP contribution in [0.15, 0.2) is 0 Å². The van der Waals surface area contributed by atoms with Gasteiger partial charge in [-0.3, -0.25) is 4.90 Å². The van der Waals surface area contributed by atoms with Crippen molar-refractivity contribution in [2.75, 3.05) is 13.1 Å². The molecule has 1 N–H and O–H groups in total. The molecule has 1 aliphatic rings. The largest absolute Gasteiger partial charge is 0.312 e. The van der Waals surface area contributed by atoms with Crippen molar-refractivity contribution in [1.82, 2.24) is 10.2 Å². The molecule has 1 heterocycles. The molecule has 0 aromatic heterocycles. The molecule has 2 heteroatoms. The van der Waals surface area contributed by atoms with E-state index in [4.69, 9.17) is 0 Å². The molecule has 0 bridgehead atoms. The van der Waals surface area contributed by atoms with Gasteiger partial charge in [0.25, 0.3) is 0 Å². The van der Waals surface area contributed by atoms with E-state index in [2.05, 4.69) is 51.8 Å². The third kappa shape index (κ3) is 5.27. The molecule has 0 aromatic carbocycles. The van der Waals surface area contributed by atoms with Crippen molar-refractivity contribution in [2.45, 2.75) is 84.8 Å². The minimum atomic E-state index is 0.235. The fourth-order valence-electron chi connectivity index (χ4n) is 2.87. The van der Waals surface area contributed by atoms with Crippen LogP contribution in [-0.4, -0.2) is 35.6 Å². The lowest BCUT2D eigenvalue weighted by atomic mass is 9.98. The highest BCUT2D eigenvalue weighted by molar-refractivity contribution is 4.82. The Balaban J connectivity index is 2.47. The number of nitrogens with one attached hydrogen (secondary N) is 1. The van der Waals surface area contributed by atoms with E-state index in [1.54, 1.807) is 0 Å². The first-order chi connectivity index (χ1) is 8.31. The summed E-state index contributed by atoms with van der Waals surface area (Å²) in [5, 5.41) is 3.65. The highest BCUT2D eigenvalue weighted by Gasteiger charge is 2.26. The first-order valence-electron chi connectivity index (χ1n) is 7.82. The van der Waals surface area contributed by atoms with Gasteiger partial charge in [-0.25, -0.2) is 0 Å². The highest BCUT2D eigenvalue weighted by Crippen LogP contribution is 2.22. The van der Waals surface area contributed by atoms with Crippen molar-refractivity contribution >= 4 is 0 Å². The molecular weight excluding hydrogens is 220 g/mol. The molecule has 3 atom stereocenters. The molecular formula is C16H34N2. The van der Waals surface area contributed by atoms with E-state index >= 15 is 0 Å². The number of nitrogens with zero attached hydrogens (tertiary/aromatic N) is 1. The van der Waals surface area contributed by atoms with Crippen LogP contribution in [0.5, 0.6) is 0 Å². The molecule has 1 aliphatic heterocycles. The standard InChI is InChI=1S/C16H34N2/c1-13(12-17-16(4,5)6)15(3)18-11-9-7-8-10-14(18)2/h13-15,17H,7-12H2,1-6H3. The molecule has 3 unspecified atom stereocenters. The van der Waals surface area contributed by atoms with Crippen molar-refractivity contribution in [3.63, 3.8) is 0 Å². The van der Waals surface area contributed by atoms with Crippen LogP contribution in [-0.2, 0) is 0 Å². The fourth-order valence-corrected chi connectivity index (χ4v) is 2.87. The molecule has 0 radical (unpaired) electrons. The fraction of sp³-hybridized carbons (Fsp3) is 1.00. The zero-order chi connectivity index (χ0) is 13.8. The molecule has 0 saturated carbocycles. The monoisotopic (exact) mass is 254 g/mol. The van der Waals surface area contributed by atoms with Crippen molar-refractivity contribution in [2.24, 2.45) is 5.92 Å². The summed E-state index contributed by atoms with van der Waals surface area (Å²) in [7, 11) is 0. The van der Waals surface area contributed by atoms with E-state index in [0.29, 0.717) is 12.0 Å². The Hall–Kier alpha value is -0.0800. The summed E-state index contributed by atoms with van der Waals surface area (Å²) in [5.74, 6) is 0.713. The minimum Gasteiger partial charge on any atom is -0.312 e. The zero-order valence-electron chi connectivity index (χ0n) is 13.4. The Kier molecular flexibility index (Phi) is 6.13. The normalized spacial score (nSPS) is 26.7. The maximum Gasteiger partial charge on any atom is 0.0107 e. The smallest absolute Gasteiger partial charge is 0.0107 e. The van der Waals surface area contributed by atoms with Gasteiger partial charge in [0.15, 0.2) is 0 Å². The Bertz CT molecular complexity index is 232. The van der Waals surface area contributed by atoms with Gasteiger partial charge in [-0.2, -0.15) is 0 Å². The van der Waals surface area contributed by atoms with Crippen LogP contribution >= 0.6 is 0 Å². The van der Waals surface area contributed by atoms with Crippen LogP contribution in [0.25, 0.3) is 0 Å². The zero-order valence-corrected chi connectivity index (χ0v) is 13.4. The molecule has 2 nitrogen and oxygen atoms in total. The molecule has 108 valence electrons. The first-order valence-corrected chi connectivity index (χ1v) is 7.82. The molecule has 1 fully saturated rings. The quantitative estimate of drug-likeness (QED) is 0.823. The highest BCUT2D eigenvalue weighted by atomic mass is 15.2. The van der Waals surface area contributed by atoms with Gasteiger partial charge < -0.3 is 5.32 Å². The average Bonchev–Trinajstić information content (AvgIpc) is 2.49. The molecule has 0 aromatic rings. The van der Waals surface area contributed by atoms with Gasteiger partial charge >= 0.3 is 0 Å². The molecule has 0 aliphatic carbocycles. The Morgan fingerprint density at radius 3 is 2.44 bits per heavy atom. The van der Waals surface area contributed by atoms with Crippen LogP contribution in [0.1, 0.15) is 67.2 Å². The van der Waals surface area contributed by atoms with E-state index < -0.39 is 0 Å². The number of hydrogen-bond donors (Lipinski definition) is 1. The lowest BCUT2D eigenvalue weighted by Gasteiger charge is -2.37. The number of rotatable bonds is 4. The summed E-state index contributed by atoms with van der Waals surface area (Å²) < 4.78 is 0. The third-order valence-electron chi connectivity index (χ3n) is 4.41. The molecule has 1 rings (SSSR count).